The van der Waals surface area contributed by atoms with E-state index in [0.29, 0.717) is 23.5 Å². The number of aromatic nitrogens is 3. The summed E-state index contributed by atoms with van der Waals surface area (Å²) in [7, 11) is 3.40. The quantitative estimate of drug-likeness (QED) is 0.367. The van der Waals surface area contributed by atoms with Gasteiger partial charge in [-0.2, -0.15) is 5.10 Å². The lowest BCUT2D eigenvalue weighted by atomic mass is 10.1. The van der Waals surface area contributed by atoms with Gasteiger partial charge in [-0.25, -0.2) is 9.48 Å². The lowest BCUT2D eigenvalue weighted by Gasteiger charge is -2.16. The Kier molecular flexibility index (Phi) is 5.17. The molecular weight excluding hydrogens is 384 g/mol. The Morgan fingerprint density at radius 1 is 1.17 bits per heavy atom. The number of nitrogens with zero attached hydrogens (tertiary/aromatic N) is 4. The van der Waals surface area contributed by atoms with Crippen LogP contribution in [0.1, 0.15) is 21.5 Å². The minimum atomic E-state index is -0.330. The normalized spacial score (nSPS) is 11.4. The number of fused-ring (bicyclic) bond motifs is 3. The summed E-state index contributed by atoms with van der Waals surface area (Å²) in [6.45, 7) is 3.36. The second kappa shape index (κ2) is 7.77. The molecule has 0 N–H and O–H groups in total. The topological polar surface area (TPSA) is 51.8 Å². The van der Waals surface area contributed by atoms with Crippen LogP contribution in [0.5, 0.6) is 0 Å². The molecular formula is C22H22N4O2S. The zero-order chi connectivity index (χ0) is 20.5. The smallest absolute Gasteiger partial charge is 0.337 e. The molecule has 0 aliphatic rings. The van der Waals surface area contributed by atoms with Crippen molar-refractivity contribution < 1.29 is 9.53 Å². The molecule has 0 amide bonds. The lowest BCUT2D eigenvalue weighted by molar-refractivity contribution is 0.0600. The van der Waals surface area contributed by atoms with E-state index in [1.54, 1.807) is 12.1 Å². The molecule has 0 fully saturated rings. The van der Waals surface area contributed by atoms with Crippen molar-refractivity contribution in [2.24, 2.45) is 0 Å². The Morgan fingerprint density at radius 3 is 2.62 bits per heavy atom. The van der Waals surface area contributed by atoms with Crippen LogP contribution in [0.4, 0.5) is 0 Å². The van der Waals surface area contributed by atoms with Crippen LogP contribution in [-0.4, -0.2) is 39.2 Å². The number of aryl methyl sites for hydroxylation is 1. The second-order valence-corrected chi connectivity index (χ2v) is 7.53. The number of hydrogen-bond donors (Lipinski definition) is 0. The van der Waals surface area contributed by atoms with E-state index in [1.165, 1.54) is 18.1 Å². The number of hydrogen-bond acceptors (Lipinski definition) is 5. The third-order valence-corrected chi connectivity index (χ3v) is 5.38. The molecule has 2 aromatic carbocycles. The number of para-hydroxylation sites is 1. The standard InChI is InChI=1S/C22H22N4O2S/c1-15-12-20-23-25(22(29)26(20)19-7-5-4-6-18(15)19)14-24(2)13-16-8-10-17(11-9-16)21(27)28-3/h4-12H,13-14H2,1-3H3. The van der Waals surface area contributed by atoms with Gasteiger partial charge in [-0.3, -0.25) is 9.30 Å². The monoisotopic (exact) mass is 406 g/mol. The molecule has 2 heterocycles. The summed E-state index contributed by atoms with van der Waals surface area (Å²) in [4.78, 5) is 13.7. The minimum absolute atomic E-state index is 0.330. The molecule has 4 aromatic rings. The van der Waals surface area contributed by atoms with Crippen LogP contribution in [0.2, 0.25) is 0 Å². The van der Waals surface area contributed by atoms with E-state index in [2.05, 4.69) is 30.0 Å². The van der Waals surface area contributed by atoms with E-state index in [9.17, 15) is 4.79 Å². The van der Waals surface area contributed by atoms with Crippen LogP contribution in [0, 0.1) is 11.7 Å². The van der Waals surface area contributed by atoms with E-state index in [-0.39, 0.29) is 5.97 Å². The van der Waals surface area contributed by atoms with E-state index in [0.717, 1.165) is 16.7 Å². The first-order chi connectivity index (χ1) is 14.0. The molecule has 0 saturated heterocycles. The average molecular weight is 407 g/mol. The fourth-order valence-corrected chi connectivity index (χ4v) is 3.85. The number of methoxy groups -OCH3 is 1. The number of esters is 1. The van der Waals surface area contributed by atoms with Crippen LogP contribution < -0.4 is 0 Å². The number of ether oxygens (including phenoxy) is 1. The van der Waals surface area contributed by atoms with Crippen molar-refractivity contribution in [3.8, 4) is 0 Å². The molecule has 29 heavy (non-hydrogen) atoms. The molecule has 6 nitrogen and oxygen atoms in total. The second-order valence-electron chi connectivity index (χ2n) is 7.16. The molecule has 0 atom stereocenters. The molecule has 0 bridgehead atoms. The Labute approximate surface area is 173 Å². The van der Waals surface area contributed by atoms with E-state index in [4.69, 9.17) is 22.1 Å². The first-order valence-corrected chi connectivity index (χ1v) is 9.72. The summed E-state index contributed by atoms with van der Waals surface area (Å²) in [6, 6.07) is 17.7. The predicted octanol–water partition coefficient (Wildman–Crippen LogP) is 4.20. The van der Waals surface area contributed by atoms with Gasteiger partial charge in [0.25, 0.3) is 0 Å². The molecule has 4 rings (SSSR count). The highest BCUT2D eigenvalue weighted by Crippen LogP contribution is 2.21. The minimum Gasteiger partial charge on any atom is -0.465 e. The van der Waals surface area contributed by atoms with Crippen molar-refractivity contribution in [2.45, 2.75) is 20.1 Å². The van der Waals surface area contributed by atoms with Gasteiger partial charge < -0.3 is 4.74 Å². The molecule has 0 aliphatic carbocycles. The van der Waals surface area contributed by atoms with Crippen LogP contribution in [0.25, 0.3) is 16.6 Å². The van der Waals surface area contributed by atoms with Crippen molar-refractivity contribution in [1.82, 2.24) is 19.1 Å². The van der Waals surface area contributed by atoms with Gasteiger partial charge >= 0.3 is 5.97 Å². The van der Waals surface area contributed by atoms with Crippen LogP contribution in [-0.2, 0) is 18.0 Å². The van der Waals surface area contributed by atoms with E-state index in [1.807, 2.05) is 40.4 Å². The molecule has 0 spiro atoms. The van der Waals surface area contributed by atoms with Gasteiger partial charge in [-0.15, -0.1) is 0 Å². The predicted molar refractivity (Wildman–Crippen MR) is 116 cm³/mol. The highest BCUT2D eigenvalue weighted by molar-refractivity contribution is 7.71. The average Bonchev–Trinajstić information content (AvgIpc) is 3.03. The van der Waals surface area contributed by atoms with Crippen LogP contribution >= 0.6 is 12.2 Å². The molecule has 2 aromatic heterocycles. The number of pyridine rings is 1. The number of rotatable bonds is 5. The van der Waals surface area contributed by atoms with Crippen LogP contribution in [0.3, 0.4) is 0 Å². The van der Waals surface area contributed by atoms with Crippen molar-refractivity contribution >= 4 is 34.7 Å². The summed E-state index contributed by atoms with van der Waals surface area (Å²) >= 11 is 5.73. The number of benzene rings is 2. The maximum atomic E-state index is 11.6. The fourth-order valence-electron chi connectivity index (χ4n) is 3.56. The van der Waals surface area contributed by atoms with Gasteiger partial charge in [0.15, 0.2) is 5.65 Å². The third-order valence-electron chi connectivity index (χ3n) is 4.98. The Hall–Kier alpha value is -3.03. The maximum absolute atomic E-state index is 11.6. The van der Waals surface area contributed by atoms with Crippen molar-refractivity contribution in [1.29, 1.82) is 0 Å². The summed E-state index contributed by atoms with van der Waals surface area (Å²) in [6.07, 6.45) is 0. The first kappa shape index (κ1) is 19.3. The lowest BCUT2D eigenvalue weighted by Crippen LogP contribution is -2.22. The van der Waals surface area contributed by atoms with Gasteiger partial charge in [0.1, 0.15) is 0 Å². The zero-order valence-corrected chi connectivity index (χ0v) is 17.4. The maximum Gasteiger partial charge on any atom is 0.337 e. The van der Waals surface area contributed by atoms with E-state index >= 15 is 0 Å². The molecule has 7 heteroatoms. The highest BCUT2D eigenvalue weighted by atomic mass is 32.1. The zero-order valence-electron chi connectivity index (χ0n) is 16.6. The first-order valence-electron chi connectivity index (χ1n) is 9.31. The SMILES string of the molecule is COC(=O)c1ccc(CN(C)Cn2nc3cc(C)c4ccccc4n3c2=S)cc1. The van der Waals surface area contributed by atoms with Crippen molar-refractivity contribution in [3.63, 3.8) is 0 Å². The fraction of sp³-hybridized carbons (Fsp3) is 0.227. The molecule has 0 radical (unpaired) electrons. The highest BCUT2D eigenvalue weighted by Gasteiger charge is 2.11. The molecule has 0 aliphatic heterocycles. The summed E-state index contributed by atoms with van der Waals surface area (Å²) in [5, 5.41) is 5.90. The Balaban J connectivity index is 1.59. The summed E-state index contributed by atoms with van der Waals surface area (Å²) in [5.41, 5.74) is 4.74. The molecule has 0 saturated carbocycles. The van der Waals surface area contributed by atoms with Gasteiger partial charge in [0.2, 0.25) is 4.77 Å². The number of carbonyl (C=O) groups excluding carboxylic acids is 1. The van der Waals surface area contributed by atoms with Crippen LogP contribution in [0.15, 0.2) is 54.6 Å². The molecule has 148 valence electrons. The van der Waals surface area contributed by atoms with Gasteiger partial charge in [-0.1, -0.05) is 30.3 Å². The van der Waals surface area contributed by atoms with E-state index < -0.39 is 0 Å². The molecule has 0 unspecified atom stereocenters. The van der Waals surface area contributed by atoms with Crippen molar-refractivity contribution in [2.75, 3.05) is 14.2 Å². The Bertz CT molecular complexity index is 1260. The third kappa shape index (κ3) is 3.66. The van der Waals surface area contributed by atoms with Crippen molar-refractivity contribution in [3.05, 3.63) is 76.1 Å². The van der Waals surface area contributed by atoms with Gasteiger partial charge in [0, 0.05) is 11.9 Å². The van der Waals surface area contributed by atoms with Gasteiger partial charge in [0.05, 0.1) is 24.9 Å². The largest absolute Gasteiger partial charge is 0.465 e. The summed E-state index contributed by atoms with van der Waals surface area (Å²) < 4.78 is 9.28. The van der Waals surface area contributed by atoms with Gasteiger partial charge in [-0.05, 0) is 61.6 Å². The summed E-state index contributed by atoms with van der Waals surface area (Å²) in [5.74, 6) is -0.330. The number of carbonyl (C=O) groups is 1. The Morgan fingerprint density at radius 2 is 1.90 bits per heavy atom.